The van der Waals surface area contributed by atoms with Crippen molar-refractivity contribution < 1.29 is 4.74 Å². The number of anilines is 2. The first-order chi connectivity index (χ1) is 8.19. The highest BCUT2D eigenvalue weighted by Crippen LogP contribution is 2.17. The van der Waals surface area contributed by atoms with E-state index in [1.54, 1.807) is 7.11 Å². The molecule has 0 spiro atoms. The van der Waals surface area contributed by atoms with Crippen LogP contribution in [0.5, 0.6) is 0 Å². The summed E-state index contributed by atoms with van der Waals surface area (Å²) in [6.45, 7) is 3.68. The van der Waals surface area contributed by atoms with Crippen molar-refractivity contribution >= 4 is 22.7 Å². The normalized spacial score (nSPS) is 12.8. The standard InChI is InChI=1S/C12H18N4O/c1-8(7-17-2)6-14-12-15-10-4-3-9(13)5-11(10)16-12/h3-5,8H,6-7,13H2,1-2H3,(H2,14,15,16). The smallest absolute Gasteiger partial charge is 0.201 e. The third-order valence-electron chi connectivity index (χ3n) is 2.58. The van der Waals surface area contributed by atoms with Crippen LogP contribution in [-0.4, -0.2) is 30.2 Å². The Balaban J connectivity index is 2.04. The molecule has 5 nitrogen and oxygen atoms in total. The van der Waals surface area contributed by atoms with Crippen molar-refractivity contribution in [3.8, 4) is 0 Å². The summed E-state index contributed by atoms with van der Waals surface area (Å²) in [5, 5.41) is 3.25. The number of imidazole rings is 1. The van der Waals surface area contributed by atoms with Crippen LogP contribution in [0, 0.1) is 5.92 Å². The molecule has 1 unspecified atom stereocenters. The van der Waals surface area contributed by atoms with Gasteiger partial charge in [0.1, 0.15) is 0 Å². The number of nitrogens with two attached hydrogens (primary N) is 1. The third kappa shape index (κ3) is 2.88. The zero-order valence-electron chi connectivity index (χ0n) is 10.2. The largest absolute Gasteiger partial charge is 0.399 e. The van der Waals surface area contributed by atoms with Gasteiger partial charge < -0.3 is 20.8 Å². The summed E-state index contributed by atoms with van der Waals surface area (Å²) in [5.41, 5.74) is 8.32. The van der Waals surface area contributed by atoms with Crippen molar-refractivity contribution in [2.45, 2.75) is 6.92 Å². The van der Waals surface area contributed by atoms with Crippen LogP contribution in [0.15, 0.2) is 18.2 Å². The molecule has 5 heteroatoms. The minimum absolute atomic E-state index is 0.443. The molecule has 0 saturated carbocycles. The molecule has 1 aromatic heterocycles. The number of benzene rings is 1. The van der Waals surface area contributed by atoms with E-state index in [4.69, 9.17) is 10.5 Å². The molecule has 0 fully saturated rings. The number of aromatic amines is 1. The Morgan fingerprint density at radius 1 is 1.53 bits per heavy atom. The summed E-state index contributed by atoms with van der Waals surface area (Å²) in [4.78, 5) is 7.61. The van der Waals surface area contributed by atoms with Crippen LogP contribution in [0.1, 0.15) is 6.92 Å². The van der Waals surface area contributed by atoms with Crippen molar-refractivity contribution in [2.75, 3.05) is 31.3 Å². The van der Waals surface area contributed by atoms with E-state index in [1.165, 1.54) is 0 Å². The first kappa shape index (κ1) is 11.7. The van der Waals surface area contributed by atoms with Gasteiger partial charge in [-0.1, -0.05) is 6.92 Å². The van der Waals surface area contributed by atoms with E-state index < -0.39 is 0 Å². The van der Waals surface area contributed by atoms with E-state index in [2.05, 4.69) is 22.2 Å². The molecule has 1 atom stereocenters. The van der Waals surface area contributed by atoms with E-state index >= 15 is 0 Å². The Hall–Kier alpha value is -1.75. The average molecular weight is 234 g/mol. The Kier molecular flexibility index (Phi) is 3.49. The maximum atomic E-state index is 5.71. The SMILES string of the molecule is COCC(C)CNc1nc2ccc(N)cc2[nH]1. The number of aromatic nitrogens is 2. The summed E-state index contributed by atoms with van der Waals surface area (Å²) in [7, 11) is 1.71. The Morgan fingerprint density at radius 2 is 2.35 bits per heavy atom. The first-order valence-electron chi connectivity index (χ1n) is 5.67. The van der Waals surface area contributed by atoms with Crippen molar-refractivity contribution in [1.82, 2.24) is 9.97 Å². The highest BCUT2D eigenvalue weighted by molar-refractivity contribution is 5.80. The molecular weight excluding hydrogens is 216 g/mol. The van der Waals surface area contributed by atoms with Crippen LogP contribution < -0.4 is 11.1 Å². The second-order valence-corrected chi connectivity index (χ2v) is 4.30. The Bertz CT molecular complexity index is 494. The second-order valence-electron chi connectivity index (χ2n) is 4.30. The Morgan fingerprint density at radius 3 is 3.12 bits per heavy atom. The molecule has 0 saturated heterocycles. The lowest BCUT2D eigenvalue weighted by Gasteiger charge is -2.10. The lowest BCUT2D eigenvalue weighted by Crippen LogP contribution is -2.16. The molecule has 2 aromatic rings. The maximum absolute atomic E-state index is 5.71. The number of H-pyrrole nitrogens is 1. The number of hydrogen-bond acceptors (Lipinski definition) is 4. The van der Waals surface area contributed by atoms with Crippen LogP contribution >= 0.6 is 0 Å². The predicted octanol–water partition coefficient (Wildman–Crippen LogP) is 1.84. The molecule has 0 amide bonds. The first-order valence-corrected chi connectivity index (χ1v) is 5.67. The number of fused-ring (bicyclic) bond motifs is 1. The van der Waals surface area contributed by atoms with E-state index in [0.29, 0.717) is 5.92 Å². The van der Waals surface area contributed by atoms with Gasteiger partial charge in [-0.05, 0) is 24.1 Å². The summed E-state index contributed by atoms with van der Waals surface area (Å²) >= 11 is 0. The quantitative estimate of drug-likeness (QED) is 0.690. The predicted molar refractivity (Wildman–Crippen MR) is 70.0 cm³/mol. The summed E-state index contributed by atoms with van der Waals surface area (Å²) in [5.74, 6) is 1.21. The monoisotopic (exact) mass is 234 g/mol. The summed E-state index contributed by atoms with van der Waals surface area (Å²) in [6.07, 6.45) is 0. The van der Waals surface area contributed by atoms with Crippen molar-refractivity contribution in [2.24, 2.45) is 5.92 Å². The molecule has 92 valence electrons. The molecule has 0 radical (unpaired) electrons. The van der Waals surface area contributed by atoms with Gasteiger partial charge in [0.05, 0.1) is 17.6 Å². The van der Waals surface area contributed by atoms with Gasteiger partial charge in [-0.15, -0.1) is 0 Å². The fraction of sp³-hybridized carbons (Fsp3) is 0.417. The third-order valence-corrected chi connectivity index (χ3v) is 2.58. The number of hydrogen-bond donors (Lipinski definition) is 3. The molecular formula is C12H18N4O. The van der Waals surface area contributed by atoms with Gasteiger partial charge in [0.2, 0.25) is 5.95 Å². The van der Waals surface area contributed by atoms with Crippen molar-refractivity contribution in [1.29, 1.82) is 0 Å². The van der Waals surface area contributed by atoms with Gasteiger partial charge in [0.25, 0.3) is 0 Å². The highest BCUT2D eigenvalue weighted by atomic mass is 16.5. The van der Waals surface area contributed by atoms with Gasteiger partial charge in [-0.3, -0.25) is 0 Å². The number of methoxy groups -OCH3 is 1. The molecule has 0 aliphatic carbocycles. The fourth-order valence-electron chi connectivity index (χ4n) is 1.73. The minimum atomic E-state index is 0.443. The summed E-state index contributed by atoms with van der Waals surface area (Å²) < 4.78 is 5.08. The molecule has 1 aromatic carbocycles. The van der Waals surface area contributed by atoms with Crippen LogP contribution in [0.4, 0.5) is 11.6 Å². The molecule has 0 aliphatic rings. The van der Waals surface area contributed by atoms with Crippen molar-refractivity contribution in [3.05, 3.63) is 18.2 Å². The highest BCUT2D eigenvalue weighted by Gasteiger charge is 2.05. The van der Waals surface area contributed by atoms with Gasteiger partial charge >= 0.3 is 0 Å². The molecule has 0 bridgehead atoms. The van der Waals surface area contributed by atoms with Gasteiger partial charge in [-0.25, -0.2) is 4.98 Å². The lowest BCUT2D eigenvalue weighted by atomic mass is 10.2. The second kappa shape index (κ2) is 5.05. The van der Waals surface area contributed by atoms with Crippen molar-refractivity contribution in [3.63, 3.8) is 0 Å². The number of ether oxygens (including phenoxy) is 1. The molecule has 0 aliphatic heterocycles. The minimum Gasteiger partial charge on any atom is -0.399 e. The fourth-order valence-corrected chi connectivity index (χ4v) is 1.73. The van der Waals surface area contributed by atoms with Crippen LogP contribution in [0.3, 0.4) is 0 Å². The van der Waals surface area contributed by atoms with E-state index in [9.17, 15) is 0 Å². The molecule has 1 heterocycles. The summed E-state index contributed by atoms with van der Waals surface area (Å²) in [6, 6.07) is 5.64. The lowest BCUT2D eigenvalue weighted by molar-refractivity contribution is 0.164. The molecule has 4 N–H and O–H groups in total. The molecule has 17 heavy (non-hydrogen) atoms. The Labute approximate surface area is 100 Å². The zero-order chi connectivity index (χ0) is 12.3. The topological polar surface area (TPSA) is 76.0 Å². The number of nitrogens with zero attached hydrogens (tertiary/aromatic N) is 1. The van der Waals surface area contributed by atoms with E-state index in [-0.39, 0.29) is 0 Å². The maximum Gasteiger partial charge on any atom is 0.201 e. The number of rotatable bonds is 5. The number of nitrogen functional groups attached to an aromatic ring is 1. The van der Waals surface area contributed by atoms with Gasteiger partial charge in [-0.2, -0.15) is 0 Å². The van der Waals surface area contributed by atoms with Crippen LogP contribution in [-0.2, 0) is 4.74 Å². The van der Waals surface area contributed by atoms with Crippen LogP contribution in [0.25, 0.3) is 11.0 Å². The van der Waals surface area contributed by atoms with E-state index in [1.807, 2.05) is 18.2 Å². The van der Waals surface area contributed by atoms with E-state index in [0.717, 1.165) is 35.8 Å². The molecule has 2 rings (SSSR count). The van der Waals surface area contributed by atoms with Crippen LogP contribution in [0.2, 0.25) is 0 Å². The zero-order valence-corrected chi connectivity index (χ0v) is 10.2. The number of nitrogens with one attached hydrogen (secondary N) is 2. The van der Waals surface area contributed by atoms with Gasteiger partial charge in [0, 0.05) is 19.3 Å². The van der Waals surface area contributed by atoms with Gasteiger partial charge in [0.15, 0.2) is 0 Å². The average Bonchev–Trinajstić information content (AvgIpc) is 2.68.